The summed E-state index contributed by atoms with van der Waals surface area (Å²) in [5.74, 6) is 2.16. The van der Waals surface area contributed by atoms with E-state index >= 15 is 4.39 Å². The van der Waals surface area contributed by atoms with Gasteiger partial charge in [0.15, 0.2) is 11.6 Å². The van der Waals surface area contributed by atoms with Gasteiger partial charge in [-0.25, -0.2) is 8.78 Å². The Labute approximate surface area is 192 Å². The van der Waals surface area contributed by atoms with Gasteiger partial charge in [0.1, 0.15) is 12.4 Å². The molecule has 2 aliphatic rings. The van der Waals surface area contributed by atoms with E-state index in [1.54, 1.807) is 6.07 Å². The summed E-state index contributed by atoms with van der Waals surface area (Å²) in [5.41, 5.74) is 0.781. The number of ether oxygens (including phenoxy) is 1. The molecular weight excluding hydrogens is 402 g/mol. The van der Waals surface area contributed by atoms with Gasteiger partial charge in [-0.3, -0.25) is 0 Å². The Bertz CT molecular complexity index is 934. The lowest BCUT2D eigenvalue weighted by molar-refractivity contribution is 0.112. The van der Waals surface area contributed by atoms with Gasteiger partial charge in [-0.05, 0) is 91.8 Å². The Hall–Kier alpha value is -1.90. The normalized spacial score (nSPS) is 25.9. The van der Waals surface area contributed by atoms with Crippen molar-refractivity contribution in [3.05, 3.63) is 53.6 Å². The number of benzene rings is 2. The van der Waals surface area contributed by atoms with E-state index in [0.29, 0.717) is 12.0 Å². The van der Waals surface area contributed by atoms with Crippen molar-refractivity contribution in [3.8, 4) is 5.75 Å². The Morgan fingerprint density at radius 1 is 1.00 bits per heavy atom. The largest absolute Gasteiger partial charge is 0.486 e. The first-order chi connectivity index (χ1) is 15.6. The van der Waals surface area contributed by atoms with Gasteiger partial charge in [0, 0.05) is 5.39 Å². The molecule has 174 valence electrons. The highest BCUT2D eigenvalue weighted by molar-refractivity contribution is 5.85. The summed E-state index contributed by atoms with van der Waals surface area (Å²) in [4.78, 5) is 0. The molecule has 0 aromatic heterocycles. The van der Waals surface area contributed by atoms with Crippen molar-refractivity contribution in [2.45, 2.75) is 84.0 Å². The van der Waals surface area contributed by atoms with Crippen LogP contribution in [0.1, 0.15) is 89.5 Å². The lowest BCUT2D eigenvalue weighted by Crippen LogP contribution is -2.30. The molecule has 2 unspecified atom stereocenters. The minimum absolute atomic E-state index is 0.180. The maximum atomic E-state index is 15.2. The van der Waals surface area contributed by atoms with Crippen LogP contribution in [-0.4, -0.2) is 6.61 Å². The van der Waals surface area contributed by atoms with Crippen molar-refractivity contribution >= 4 is 10.8 Å². The van der Waals surface area contributed by atoms with Crippen LogP contribution >= 0.6 is 0 Å². The predicted molar refractivity (Wildman–Crippen MR) is 129 cm³/mol. The Balaban J connectivity index is 1.45. The summed E-state index contributed by atoms with van der Waals surface area (Å²) in [5, 5.41) is 1.07. The second-order valence-electron chi connectivity index (χ2n) is 10.1. The molecule has 0 radical (unpaired) electrons. The van der Waals surface area contributed by atoms with Gasteiger partial charge in [0.25, 0.3) is 0 Å². The van der Waals surface area contributed by atoms with Gasteiger partial charge in [-0.1, -0.05) is 57.2 Å². The van der Waals surface area contributed by atoms with E-state index in [0.717, 1.165) is 41.5 Å². The molecular formula is C29H38F2O. The summed E-state index contributed by atoms with van der Waals surface area (Å²) >= 11 is 0. The van der Waals surface area contributed by atoms with Gasteiger partial charge in [-0.15, -0.1) is 0 Å². The third-order valence-corrected chi connectivity index (χ3v) is 7.98. The number of unbranched alkanes of at least 4 members (excludes halogenated alkanes) is 2. The van der Waals surface area contributed by atoms with Crippen molar-refractivity contribution in [1.82, 2.24) is 0 Å². The van der Waals surface area contributed by atoms with Crippen molar-refractivity contribution < 1.29 is 13.5 Å². The smallest absolute Gasteiger partial charge is 0.172 e. The number of rotatable bonds is 8. The highest BCUT2D eigenvalue weighted by atomic mass is 19.1. The van der Waals surface area contributed by atoms with Crippen LogP contribution in [0.4, 0.5) is 8.78 Å². The third kappa shape index (κ3) is 5.18. The second kappa shape index (κ2) is 10.8. The molecule has 0 spiro atoms. The van der Waals surface area contributed by atoms with Crippen molar-refractivity contribution in [2.24, 2.45) is 17.8 Å². The molecule has 0 heterocycles. The van der Waals surface area contributed by atoms with Gasteiger partial charge in [0.05, 0.1) is 0 Å². The fourth-order valence-electron chi connectivity index (χ4n) is 6.18. The summed E-state index contributed by atoms with van der Waals surface area (Å²) in [6.07, 6.45) is 16.5. The van der Waals surface area contributed by atoms with E-state index in [4.69, 9.17) is 4.74 Å². The first-order valence-electron chi connectivity index (χ1n) is 12.8. The summed E-state index contributed by atoms with van der Waals surface area (Å²) in [6.45, 7) is 4.48. The van der Waals surface area contributed by atoms with E-state index in [1.165, 1.54) is 57.4 Å². The maximum Gasteiger partial charge on any atom is 0.172 e. The minimum Gasteiger partial charge on any atom is -0.486 e. The molecule has 0 N–H and O–H groups in total. The lowest BCUT2D eigenvalue weighted by Gasteiger charge is -2.42. The maximum absolute atomic E-state index is 15.2. The van der Waals surface area contributed by atoms with Crippen molar-refractivity contribution in [3.63, 3.8) is 0 Å². The summed E-state index contributed by atoms with van der Waals surface area (Å²) < 4.78 is 35.6. The number of hydrogen-bond acceptors (Lipinski definition) is 1. The summed E-state index contributed by atoms with van der Waals surface area (Å²) in [7, 11) is 0. The molecule has 0 bridgehead atoms. The second-order valence-corrected chi connectivity index (χ2v) is 10.1. The Morgan fingerprint density at radius 2 is 1.81 bits per heavy atom. The predicted octanol–water partition coefficient (Wildman–Crippen LogP) is 8.95. The van der Waals surface area contributed by atoms with Crippen LogP contribution < -0.4 is 4.74 Å². The number of allylic oxidation sites excluding steroid dienone is 1. The number of halogens is 2. The van der Waals surface area contributed by atoms with Gasteiger partial charge in [0.2, 0.25) is 0 Å². The molecule has 4 atom stereocenters. The SMILES string of the molecule is C/C=C/COc1ccc2cc([C@@H]3CC[C@@H]4CC(CCCCC)CCC4C3)c(F)cc2c1F. The average Bonchev–Trinajstić information content (AvgIpc) is 2.80. The molecule has 2 aromatic rings. The van der Waals surface area contributed by atoms with Gasteiger partial charge in [-0.2, -0.15) is 0 Å². The van der Waals surface area contributed by atoms with Crippen LogP contribution in [0, 0.1) is 29.4 Å². The van der Waals surface area contributed by atoms with Gasteiger partial charge < -0.3 is 4.74 Å². The lowest BCUT2D eigenvalue weighted by atomic mass is 9.63. The van der Waals surface area contributed by atoms with Crippen LogP contribution in [0.15, 0.2) is 36.4 Å². The zero-order chi connectivity index (χ0) is 22.5. The Kier molecular flexibility index (Phi) is 7.86. The molecule has 2 aromatic carbocycles. The zero-order valence-electron chi connectivity index (χ0n) is 19.7. The molecule has 2 fully saturated rings. The monoisotopic (exact) mass is 440 g/mol. The Morgan fingerprint density at radius 3 is 2.62 bits per heavy atom. The zero-order valence-corrected chi connectivity index (χ0v) is 19.7. The molecule has 2 saturated carbocycles. The fraction of sp³-hybridized carbons (Fsp3) is 0.586. The highest BCUT2D eigenvalue weighted by Gasteiger charge is 2.36. The van der Waals surface area contributed by atoms with E-state index in [1.807, 2.05) is 31.2 Å². The van der Waals surface area contributed by atoms with E-state index in [2.05, 4.69) is 6.92 Å². The van der Waals surface area contributed by atoms with Crippen molar-refractivity contribution in [1.29, 1.82) is 0 Å². The standard InChI is InChI=1S/C29H38F2O/c1-3-5-7-8-20-9-10-22-17-23(12-11-21(22)16-20)25-18-24-13-14-28(32-15-6-4-2)29(31)26(24)19-27(25)30/h4,6,13-14,18-23H,3,5,7-12,15-17H2,1-2H3/b6-4+/t20?,21-,22?,23-/m1/s1. The van der Waals surface area contributed by atoms with Crippen LogP contribution in [0.3, 0.4) is 0 Å². The van der Waals surface area contributed by atoms with Crippen LogP contribution in [0.2, 0.25) is 0 Å². The molecule has 32 heavy (non-hydrogen) atoms. The minimum atomic E-state index is -0.470. The molecule has 3 heteroatoms. The first-order valence-corrected chi connectivity index (χ1v) is 12.8. The number of fused-ring (bicyclic) bond motifs is 2. The number of hydrogen-bond donors (Lipinski definition) is 0. The third-order valence-electron chi connectivity index (χ3n) is 7.98. The van der Waals surface area contributed by atoms with Crippen LogP contribution in [0.25, 0.3) is 10.8 Å². The van der Waals surface area contributed by atoms with Crippen LogP contribution in [0.5, 0.6) is 5.75 Å². The molecule has 0 aliphatic heterocycles. The van der Waals surface area contributed by atoms with Crippen LogP contribution in [-0.2, 0) is 0 Å². The molecule has 0 saturated heterocycles. The van der Waals surface area contributed by atoms with E-state index in [-0.39, 0.29) is 17.5 Å². The highest BCUT2D eigenvalue weighted by Crippen LogP contribution is 2.49. The molecule has 0 amide bonds. The molecule has 4 rings (SSSR count). The topological polar surface area (TPSA) is 9.23 Å². The van der Waals surface area contributed by atoms with E-state index < -0.39 is 5.82 Å². The van der Waals surface area contributed by atoms with Gasteiger partial charge >= 0.3 is 0 Å². The average molecular weight is 441 g/mol. The van der Waals surface area contributed by atoms with Crippen molar-refractivity contribution in [2.75, 3.05) is 6.61 Å². The molecule has 1 nitrogen and oxygen atoms in total. The first kappa shape index (κ1) is 23.3. The molecule has 2 aliphatic carbocycles. The van der Waals surface area contributed by atoms with E-state index in [9.17, 15) is 4.39 Å². The quantitative estimate of drug-likeness (QED) is 0.294. The fourth-order valence-corrected chi connectivity index (χ4v) is 6.18. The summed E-state index contributed by atoms with van der Waals surface area (Å²) in [6, 6.07) is 6.81.